The molecule has 3 aliphatic rings. The molecule has 5 rings (SSSR count). The van der Waals surface area contributed by atoms with Crippen LogP contribution in [-0.2, 0) is 15.3 Å². The molecule has 7 nitrogen and oxygen atoms in total. The minimum Gasteiger partial charge on any atom is -0.489 e. The molecule has 0 saturated carbocycles. The van der Waals surface area contributed by atoms with Crippen LogP contribution >= 0.6 is 0 Å². The van der Waals surface area contributed by atoms with Crippen molar-refractivity contribution < 1.29 is 18.7 Å². The van der Waals surface area contributed by atoms with Crippen LogP contribution in [0.15, 0.2) is 41.4 Å². The van der Waals surface area contributed by atoms with E-state index in [1.165, 1.54) is 11.1 Å². The van der Waals surface area contributed by atoms with Crippen LogP contribution in [0.2, 0.25) is 0 Å². The van der Waals surface area contributed by atoms with Crippen molar-refractivity contribution in [2.45, 2.75) is 57.5 Å². The van der Waals surface area contributed by atoms with Gasteiger partial charge in [-0.3, -0.25) is 0 Å². The minimum atomic E-state index is -1.08. The zero-order valence-corrected chi connectivity index (χ0v) is 19.9. The fourth-order valence-corrected chi connectivity index (χ4v) is 5.58. The number of hydroxylamine groups is 2. The Morgan fingerprint density at radius 1 is 1.24 bits per heavy atom. The highest BCUT2D eigenvalue weighted by Crippen LogP contribution is 2.53. The third kappa shape index (κ3) is 3.60. The molecule has 1 spiro atoms. The first-order chi connectivity index (χ1) is 16.1. The molecule has 0 amide bonds. The van der Waals surface area contributed by atoms with Crippen molar-refractivity contribution in [3.05, 3.63) is 53.3 Å². The van der Waals surface area contributed by atoms with Crippen molar-refractivity contribution in [1.29, 1.82) is 5.26 Å². The lowest BCUT2D eigenvalue weighted by atomic mass is 9.68. The van der Waals surface area contributed by atoms with Gasteiger partial charge < -0.3 is 15.2 Å². The maximum absolute atomic E-state index is 15.0. The maximum Gasteiger partial charge on any atom is 0.221 e. The molecule has 2 aromatic carbocycles. The van der Waals surface area contributed by atoms with E-state index in [-0.39, 0.29) is 28.6 Å². The van der Waals surface area contributed by atoms with Gasteiger partial charge in [0, 0.05) is 31.1 Å². The summed E-state index contributed by atoms with van der Waals surface area (Å²) in [5, 5.41) is 10.7. The van der Waals surface area contributed by atoms with Gasteiger partial charge in [0.2, 0.25) is 11.7 Å². The van der Waals surface area contributed by atoms with E-state index in [0.29, 0.717) is 35.5 Å². The molecule has 3 unspecified atom stereocenters. The average Bonchev–Trinajstić information content (AvgIpc) is 3.06. The van der Waals surface area contributed by atoms with Crippen LogP contribution in [0.1, 0.15) is 51.2 Å². The third-order valence-electron chi connectivity index (χ3n) is 7.24. The molecule has 178 valence electrons. The standard InChI is InChI=1S/C26H29FN4O3/c1-24(2)15-25(3,10-11-32-24)21-13-26(30-23(29)31(4)34-26)19-12-16(8-9-20(19)33-21)18-7-5-6-17(14-28)22(18)27/h5-9,12,21H,10-11,13,15H2,1-4H3,(H2,29,30). The predicted molar refractivity (Wildman–Crippen MR) is 125 cm³/mol. The first-order valence-corrected chi connectivity index (χ1v) is 11.5. The fraction of sp³-hybridized carbons (Fsp3) is 0.462. The summed E-state index contributed by atoms with van der Waals surface area (Å²) in [5.74, 6) is 0.347. The lowest BCUT2D eigenvalue weighted by Crippen LogP contribution is -2.52. The van der Waals surface area contributed by atoms with E-state index in [1.807, 2.05) is 18.2 Å². The second-order valence-electron chi connectivity index (χ2n) is 10.3. The number of hydrogen-bond donors (Lipinski definition) is 1. The van der Waals surface area contributed by atoms with E-state index in [1.54, 1.807) is 25.2 Å². The number of aliphatic imine (C=N–C) groups is 1. The largest absolute Gasteiger partial charge is 0.489 e. The van der Waals surface area contributed by atoms with Gasteiger partial charge in [-0.05, 0) is 50.5 Å². The number of nitrogens with two attached hydrogens (primary N) is 1. The highest BCUT2D eigenvalue weighted by Gasteiger charge is 2.54. The summed E-state index contributed by atoms with van der Waals surface area (Å²) in [6.45, 7) is 7.08. The van der Waals surface area contributed by atoms with Crippen LogP contribution in [0.4, 0.5) is 4.39 Å². The molecule has 2 aromatic rings. The second kappa shape index (κ2) is 7.69. The van der Waals surface area contributed by atoms with Crippen molar-refractivity contribution in [1.82, 2.24) is 5.06 Å². The zero-order valence-electron chi connectivity index (χ0n) is 19.9. The number of benzene rings is 2. The number of hydrogen-bond acceptors (Lipinski definition) is 7. The Bertz CT molecular complexity index is 1220. The number of halogens is 1. The molecule has 3 aliphatic heterocycles. The van der Waals surface area contributed by atoms with Crippen molar-refractivity contribution in [3.63, 3.8) is 0 Å². The molecule has 1 saturated heterocycles. The molecule has 0 radical (unpaired) electrons. The van der Waals surface area contributed by atoms with Crippen LogP contribution in [0, 0.1) is 22.6 Å². The molecular formula is C26H29FN4O3. The lowest BCUT2D eigenvalue weighted by Gasteiger charge is -2.50. The van der Waals surface area contributed by atoms with Crippen molar-refractivity contribution in [3.8, 4) is 22.9 Å². The maximum atomic E-state index is 15.0. The van der Waals surface area contributed by atoms with Crippen molar-refractivity contribution in [2.24, 2.45) is 16.1 Å². The summed E-state index contributed by atoms with van der Waals surface area (Å²) in [4.78, 5) is 11.0. The molecule has 3 heterocycles. The number of fused-ring (bicyclic) bond motifs is 2. The molecule has 8 heteroatoms. The van der Waals surface area contributed by atoms with Gasteiger partial charge >= 0.3 is 0 Å². The monoisotopic (exact) mass is 464 g/mol. The smallest absolute Gasteiger partial charge is 0.221 e. The number of nitriles is 1. The Kier molecular flexibility index (Phi) is 5.12. The topological polar surface area (TPSA) is 93.1 Å². The molecule has 2 N–H and O–H groups in total. The van der Waals surface area contributed by atoms with E-state index >= 15 is 0 Å². The Balaban J connectivity index is 1.61. The Morgan fingerprint density at radius 3 is 2.71 bits per heavy atom. The Hall–Kier alpha value is -3.15. The molecule has 0 aromatic heterocycles. The van der Waals surface area contributed by atoms with Gasteiger partial charge in [0.05, 0.1) is 16.7 Å². The molecular weight excluding hydrogens is 435 g/mol. The van der Waals surface area contributed by atoms with E-state index in [0.717, 1.165) is 12.8 Å². The summed E-state index contributed by atoms with van der Waals surface area (Å²) in [6, 6.07) is 12.1. The molecule has 1 fully saturated rings. The third-order valence-corrected chi connectivity index (χ3v) is 7.24. The predicted octanol–water partition coefficient (Wildman–Crippen LogP) is 4.46. The van der Waals surface area contributed by atoms with E-state index in [4.69, 9.17) is 25.0 Å². The molecule has 34 heavy (non-hydrogen) atoms. The Labute approximate surface area is 198 Å². The van der Waals surface area contributed by atoms with Gasteiger partial charge in [-0.2, -0.15) is 5.26 Å². The lowest BCUT2D eigenvalue weighted by molar-refractivity contribution is -0.208. The number of rotatable bonds is 2. The minimum absolute atomic E-state index is 0.00424. The van der Waals surface area contributed by atoms with Gasteiger partial charge in [0.15, 0.2) is 0 Å². The van der Waals surface area contributed by atoms with Crippen LogP contribution in [0.25, 0.3) is 11.1 Å². The van der Waals surface area contributed by atoms with Crippen molar-refractivity contribution >= 4 is 5.96 Å². The fourth-order valence-electron chi connectivity index (χ4n) is 5.58. The van der Waals surface area contributed by atoms with Crippen molar-refractivity contribution in [2.75, 3.05) is 13.7 Å². The summed E-state index contributed by atoms with van der Waals surface area (Å²) in [5.41, 5.74) is 6.27. The number of nitrogens with zero attached hydrogens (tertiary/aromatic N) is 3. The molecule has 0 bridgehead atoms. The number of ether oxygens (including phenoxy) is 2. The van der Waals surface area contributed by atoms with Crippen LogP contribution in [0.3, 0.4) is 0 Å². The van der Waals surface area contributed by atoms with Gasteiger partial charge in [0.25, 0.3) is 0 Å². The van der Waals surface area contributed by atoms with E-state index in [2.05, 4.69) is 20.8 Å². The summed E-state index contributed by atoms with van der Waals surface area (Å²) in [6.07, 6.45) is 1.96. The first kappa shape index (κ1) is 22.6. The van der Waals surface area contributed by atoms with Gasteiger partial charge in [0.1, 0.15) is 23.7 Å². The summed E-state index contributed by atoms with van der Waals surface area (Å²) in [7, 11) is 1.72. The average molecular weight is 465 g/mol. The highest BCUT2D eigenvalue weighted by molar-refractivity contribution is 5.79. The zero-order chi connectivity index (χ0) is 24.3. The molecule has 0 aliphatic carbocycles. The van der Waals surface area contributed by atoms with Crippen LogP contribution in [0.5, 0.6) is 5.75 Å². The number of guanidine groups is 1. The SMILES string of the molecule is CN1OC2(CC(C3(C)CCOC(C)(C)C3)Oc3ccc(-c4cccc(C#N)c4F)cc32)N=C1N. The highest BCUT2D eigenvalue weighted by atomic mass is 19.1. The van der Waals surface area contributed by atoms with E-state index < -0.39 is 11.5 Å². The summed E-state index contributed by atoms with van der Waals surface area (Å²) < 4.78 is 27.5. The normalized spacial score (nSPS) is 29.8. The van der Waals surface area contributed by atoms with Gasteiger partial charge in [-0.15, -0.1) is 0 Å². The quantitative estimate of drug-likeness (QED) is 0.706. The Morgan fingerprint density at radius 2 is 2.03 bits per heavy atom. The van der Waals surface area contributed by atoms with Gasteiger partial charge in [-0.25, -0.2) is 19.3 Å². The van der Waals surface area contributed by atoms with E-state index in [9.17, 15) is 9.65 Å². The van der Waals surface area contributed by atoms with Crippen LogP contribution < -0.4 is 10.5 Å². The second-order valence-corrected chi connectivity index (χ2v) is 10.3. The van der Waals surface area contributed by atoms with Gasteiger partial charge in [-0.1, -0.05) is 25.1 Å². The first-order valence-electron chi connectivity index (χ1n) is 11.5. The van der Waals surface area contributed by atoms with Crippen LogP contribution in [-0.4, -0.2) is 36.4 Å². The summed E-state index contributed by atoms with van der Waals surface area (Å²) >= 11 is 0. The molecule has 3 atom stereocenters.